The van der Waals surface area contributed by atoms with Crippen LogP contribution < -0.4 is 5.32 Å². The van der Waals surface area contributed by atoms with E-state index in [4.69, 9.17) is 9.47 Å². The highest BCUT2D eigenvalue weighted by Gasteiger charge is 2.24. The van der Waals surface area contributed by atoms with Crippen LogP contribution in [0.1, 0.15) is 51.9 Å². The van der Waals surface area contributed by atoms with Crippen LogP contribution in [0.25, 0.3) is 0 Å². The lowest BCUT2D eigenvalue weighted by atomic mass is 9.84. The SMILES string of the molecule is CCNC(COCC1CCCO1)C1CCCCC1. The minimum absolute atomic E-state index is 0.360. The molecular formula is C15H29NO2. The molecule has 1 saturated heterocycles. The van der Waals surface area contributed by atoms with Gasteiger partial charge >= 0.3 is 0 Å². The molecule has 0 radical (unpaired) electrons. The standard InChI is InChI=1S/C15H29NO2/c1-2-16-15(13-7-4-3-5-8-13)12-17-11-14-9-6-10-18-14/h13-16H,2-12H2,1H3. The Kier molecular flexibility index (Phi) is 6.46. The van der Waals surface area contributed by atoms with Crippen LogP contribution in [0.5, 0.6) is 0 Å². The van der Waals surface area contributed by atoms with Gasteiger partial charge in [-0.25, -0.2) is 0 Å². The molecule has 1 aliphatic heterocycles. The molecule has 1 aliphatic carbocycles. The van der Waals surface area contributed by atoms with Crippen molar-refractivity contribution in [2.45, 2.75) is 64.0 Å². The average molecular weight is 255 g/mol. The van der Waals surface area contributed by atoms with Crippen LogP contribution in [0, 0.1) is 5.92 Å². The molecule has 1 heterocycles. The van der Waals surface area contributed by atoms with E-state index in [1.807, 2.05) is 0 Å². The van der Waals surface area contributed by atoms with Gasteiger partial charge in [-0.1, -0.05) is 26.2 Å². The molecule has 3 heteroatoms. The number of rotatable bonds is 7. The summed E-state index contributed by atoms with van der Waals surface area (Å²) in [5, 5.41) is 3.61. The van der Waals surface area contributed by atoms with Crippen LogP contribution in [0.2, 0.25) is 0 Å². The van der Waals surface area contributed by atoms with E-state index in [-0.39, 0.29) is 0 Å². The molecule has 2 fully saturated rings. The van der Waals surface area contributed by atoms with Crippen LogP contribution >= 0.6 is 0 Å². The van der Waals surface area contributed by atoms with Crippen LogP contribution in [-0.4, -0.2) is 38.5 Å². The lowest BCUT2D eigenvalue weighted by Crippen LogP contribution is -2.41. The van der Waals surface area contributed by atoms with Gasteiger partial charge in [-0.15, -0.1) is 0 Å². The number of likely N-dealkylation sites (N-methyl/N-ethyl adjacent to an activating group) is 1. The Bertz CT molecular complexity index is 211. The smallest absolute Gasteiger partial charge is 0.0809 e. The van der Waals surface area contributed by atoms with Crippen LogP contribution in [0.15, 0.2) is 0 Å². The predicted octanol–water partition coefficient (Wildman–Crippen LogP) is 2.74. The molecule has 0 aromatic rings. The lowest BCUT2D eigenvalue weighted by Gasteiger charge is -2.31. The molecule has 0 amide bonds. The highest BCUT2D eigenvalue weighted by molar-refractivity contribution is 4.79. The molecule has 0 aromatic heterocycles. The number of hydrogen-bond donors (Lipinski definition) is 1. The van der Waals surface area contributed by atoms with Crippen LogP contribution in [0.3, 0.4) is 0 Å². The molecule has 2 unspecified atom stereocenters. The largest absolute Gasteiger partial charge is 0.377 e. The fourth-order valence-electron chi connectivity index (χ4n) is 3.26. The lowest BCUT2D eigenvalue weighted by molar-refractivity contribution is 0.00288. The summed E-state index contributed by atoms with van der Waals surface area (Å²) in [5.41, 5.74) is 0. The van der Waals surface area contributed by atoms with Crippen LogP contribution in [0.4, 0.5) is 0 Å². The maximum atomic E-state index is 5.90. The fourth-order valence-corrected chi connectivity index (χ4v) is 3.26. The summed E-state index contributed by atoms with van der Waals surface area (Å²) in [4.78, 5) is 0. The van der Waals surface area contributed by atoms with Gasteiger partial charge in [0, 0.05) is 12.6 Å². The Morgan fingerprint density at radius 1 is 1.17 bits per heavy atom. The third-order valence-electron chi connectivity index (χ3n) is 4.31. The first kappa shape index (κ1) is 14.3. The monoisotopic (exact) mass is 255 g/mol. The number of hydrogen-bond acceptors (Lipinski definition) is 3. The van der Waals surface area contributed by atoms with E-state index in [1.54, 1.807) is 0 Å². The van der Waals surface area contributed by atoms with Gasteiger partial charge in [-0.05, 0) is 38.1 Å². The third-order valence-corrected chi connectivity index (χ3v) is 4.31. The maximum Gasteiger partial charge on any atom is 0.0809 e. The van der Waals surface area contributed by atoms with Crippen molar-refractivity contribution < 1.29 is 9.47 Å². The van der Waals surface area contributed by atoms with Gasteiger partial charge in [0.15, 0.2) is 0 Å². The maximum absolute atomic E-state index is 5.90. The highest BCUT2D eigenvalue weighted by Crippen LogP contribution is 2.26. The third kappa shape index (κ3) is 4.52. The first-order valence-electron chi connectivity index (χ1n) is 7.83. The van der Waals surface area contributed by atoms with Gasteiger partial charge in [0.05, 0.1) is 19.3 Å². The molecule has 106 valence electrons. The minimum Gasteiger partial charge on any atom is -0.377 e. The van der Waals surface area contributed by atoms with Crippen molar-refractivity contribution >= 4 is 0 Å². The van der Waals surface area contributed by atoms with E-state index in [0.717, 1.165) is 32.3 Å². The van der Waals surface area contributed by atoms with E-state index < -0.39 is 0 Å². The summed E-state index contributed by atoms with van der Waals surface area (Å²) in [7, 11) is 0. The number of ether oxygens (including phenoxy) is 2. The first-order valence-corrected chi connectivity index (χ1v) is 7.83. The Hall–Kier alpha value is -0.120. The second-order valence-corrected chi connectivity index (χ2v) is 5.73. The topological polar surface area (TPSA) is 30.5 Å². The summed E-state index contributed by atoms with van der Waals surface area (Å²) in [5.74, 6) is 0.822. The molecule has 0 spiro atoms. The van der Waals surface area contributed by atoms with Crippen LogP contribution in [-0.2, 0) is 9.47 Å². The zero-order chi connectivity index (χ0) is 12.6. The van der Waals surface area contributed by atoms with Gasteiger partial charge in [0.2, 0.25) is 0 Å². The molecule has 3 nitrogen and oxygen atoms in total. The summed E-state index contributed by atoms with van der Waals surface area (Å²) in [6, 6.07) is 0.553. The molecule has 0 aromatic carbocycles. The second-order valence-electron chi connectivity index (χ2n) is 5.73. The van der Waals surface area contributed by atoms with E-state index in [0.29, 0.717) is 12.1 Å². The van der Waals surface area contributed by atoms with Gasteiger partial charge in [-0.3, -0.25) is 0 Å². The van der Waals surface area contributed by atoms with E-state index in [2.05, 4.69) is 12.2 Å². The molecule has 1 saturated carbocycles. The molecule has 2 rings (SSSR count). The minimum atomic E-state index is 0.360. The van der Waals surface area contributed by atoms with Crippen molar-refractivity contribution in [1.29, 1.82) is 0 Å². The van der Waals surface area contributed by atoms with Crippen molar-refractivity contribution in [2.75, 3.05) is 26.4 Å². The number of nitrogens with one attached hydrogen (secondary N) is 1. The van der Waals surface area contributed by atoms with Gasteiger partial charge < -0.3 is 14.8 Å². The molecule has 1 N–H and O–H groups in total. The summed E-state index contributed by atoms with van der Waals surface area (Å²) >= 11 is 0. The Labute approximate surface area is 112 Å². The Balaban J connectivity index is 1.67. The summed E-state index contributed by atoms with van der Waals surface area (Å²) in [6.07, 6.45) is 9.71. The predicted molar refractivity (Wildman–Crippen MR) is 73.8 cm³/mol. The fraction of sp³-hybridized carbons (Fsp3) is 1.00. The van der Waals surface area contributed by atoms with E-state index >= 15 is 0 Å². The molecule has 0 bridgehead atoms. The van der Waals surface area contributed by atoms with Crippen molar-refractivity contribution in [2.24, 2.45) is 5.92 Å². The van der Waals surface area contributed by atoms with E-state index in [9.17, 15) is 0 Å². The molecule has 18 heavy (non-hydrogen) atoms. The average Bonchev–Trinajstić information content (AvgIpc) is 2.92. The van der Waals surface area contributed by atoms with Crippen molar-refractivity contribution in [3.05, 3.63) is 0 Å². The van der Waals surface area contributed by atoms with Crippen molar-refractivity contribution in [3.8, 4) is 0 Å². The van der Waals surface area contributed by atoms with Gasteiger partial charge in [0.25, 0.3) is 0 Å². The van der Waals surface area contributed by atoms with Gasteiger partial charge in [-0.2, -0.15) is 0 Å². The van der Waals surface area contributed by atoms with Crippen molar-refractivity contribution in [3.63, 3.8) is 0 Å². The molecule has 2 atom stereocenters. The first-order chi connectivity index (χ1) is 8.90. The normalized spacial score (nSPS) is 27.5. The summed E-state index contributed by atoms with van der Waals surface area (Å²) < 4.78 is 11.5. The molecular weight excluding hydrogens is 226 g/mol. The Morgan fingerprint density at radius 2 is 2.00 bits per heavy atom. The molecule has 2 aliphatic rings. The zero-order valence-corrected chi connectivity index (χ0v) is 11.8. The Morgan fingerprint density at radius 3 is 2.67 bits per heavy atom. The zero-order valence-electron chi connectivity index (χ0n) is 11.8. The quantitative estimate of drug-likeness (QED) is 0.759. The van der Waals surface area contributed by atoms with Crippen molar-refractivity contribution in [1.82, 2.24) is 5.32 Å². The second kappa shape index (κ2) is 8.13. The van der Waals surface area contributed by atoms with Gasteiger partial charge in [0.1, 0.15) is 0 Å². The highest BCUT2D eigenvalue weighted by atomic mass is 16.5. The van der Waals surface area contributed by atoms with E-state index in [1.165, 1.54) is 44.9 Å². The summed E-state index contributed by atoms with van der Waals surface area (Å²) in [6.45, 7) is 5.81.